The van der Waals surface area contributed by atoms with Crippen LogP contribution >= 0.6 is 11.6 Å². The average molecular weight is 481 g/mol. The predicted molar refractivity (Wildman–Crippen MR) is 112 cm³/mol. The molecule has 1 aromatic carbocycles. The van der Waals surface area contributed by atoms with E-state index in [9.17, 15) is 27.6 Å². The lowest BCUT2D eigenvalue weighted by molar-refractivity contribution is -0.141. The molecule has 0 unspecified atom stereocenters. The third-order valence-electron chi connectivity index (χ3n) is 4.28. The Morgan fingerprint density at radius 2 is 1.79 bits per heavy atom. The zero-order valence-corrected chi connectivity index (χ0v) is 17.9. The Bertz CT molecular complexity index is 1240. The second-order valence-corrected chi connectivity index (χ2v) is 7.13. The molecule has 3 amide bonds. The van der Waals surface area contributed by atoms with E-state index in [1.807, 2.05) is 0 Å². The van der Waals surface area contributed by atoms with Crippen LogP contribution in [0.2, 0.25) is 5.02 Å². The number of aromatic nitrogens is 3. The summed E-state index contributed by atoms with van der Waals surface area (Å²) in [6, 6.07) is 7.88. The number of aryl methyl sites for hydroxylation is 1. The van der Waals surface area contributed by atoms with Crippen molar-refractivity contribution in [1.29, 1.82) is 0 Å². The molecule has 13 heteroatoms. The van der Waals surface area contributed by atoms with E-state index in [0.717, 1.165) is 0 Å². The fraction of sp³-hybridized carbons (Fsp3) is 0.150. The van der Waals surface area contributed by atoms with Crippen LogP contribution in [0.4, 0.5) is 18.9 Å². The molecule has 3 rings (SSSR count). The molecule has 0 atom stereocenters. The van der Waals surface area contributed by atoms with Gasteiger partial charge in [-0.25, -0.2) is 9.67 Å². The number of nitrogens with zero attached hydrogens (tertiary/aromatic N) is 3. The monoisotopic (exact) mass is 480 g/mol. The van der Waals surface area contributed by atoms with Crippen LogP contribution in [0.3, 0.4) is 0 Å². The second-order valence-electron chi connectivity index (χ2n) is 6.72. The van der Waals surface area contributed by atoms with Gasteiger partial charge in [0.15, 0.2) is 11.5 Å². The van der Waals surface area contributed by atoms with Crippen molar-refractivity contribution >= 4 is 35.0 Å². The van der Waals surface area contributed by atoms with Crippen LogP contribution in [0.15, 0.2) is 42.6 Å². The van der Waals surface area contributed by atoms with Gasteiger partial charge >= 0.3 is 6.18 Å². The van der Waals surface area contributed by atoms with Crippen LogP contribution in [0.5, 0.6) is 0 Å². The molecule has 3 aromatic rings. The fourth-order valence-electron chi connectivity index (χ4n) is 2.79. The van der Waals surface area contributed by atoms with Crippen LogP contribution < -0.4 is 16.2 Å². The van der Waals surface area contributed by atoms with Crippen LogP contribution in [-0.4, -0.2) is 32.5 Å². The van der Waals surface area contributed by atoms with E-state index in [1.165, 1.54) is 37.4 Å². The number of hydrogen-bond donors (Lipinski definition) is 3. The molecule has 0 fully saturated rings. The highest BCUT2D eigenvalue weighted by molar-refractivity contribution is 6.32. The standard InChI is InChI=1S/C20H16ClF3N6O3/c1-10-5-3-6-12(18(32)28-27-11(2)31)16(10)26-19(33)14-9-15(20(22,23)24)29-30(14)17-13(21)7-4-8-25-17/h3-9H,1-2H3,(H,26,33)(H,27,31)(H,28,32). The first-order valence-corrected chi connectivity index (χ1v) is 9.63. The molecule has 172 valence electrons. The molecule has 0 aliphatic rings. The maximum Gasteiger partial charge on any atom is 0.435 e. The molecule has 0 radical (unpaired) electrons. The Balaban J connectivity index is 2.04. The molecule has 33 heavy (non-hydrogen) atoms. The maximum atomic E-state index is 13.3. The van der Waals surface area contributed by atoms with Gasteiger partial charge in [0.2, 0.25) is 5.91 Å². The van der Waals surface area contributed by atoms with Crippen molar-refractivity contribution < 1.29 is 27.6 Å². The summed E-state index contributed by atoms with van der Waals surface area (Å²) in [5.41, 5.74) is 2.87. The minimum Gasteiger partial charge on any atom is -0.320 e. The van der Waals surface area contributed by atoms with E-state index in [4.69, 9.17) is 11.6 Å². The Labute approximate surface area is 189 Å². The van der Waals surface area contributed by atoms with Gasteiger partial charge < -0.3 is 5.32 Å². The topological polar surface area (TPSA) is 118 Å². The second kappa shape index (κ2) is 9.28. The van der Waals surface area contributed by atoms with Crippen molar-refractivity contribution in [2.75, 3.05) is 5.32 Å². The summed E-state index contributed by atoms with van der Waals surface area (Å²) in [7, 11) is 0. The Morgan fingerprint density at radius 3 is 2.42 bits per heavy atom. The Kier molecular flexibility index (Phi) is 6.68. The first-order valence-electron chi connectivity index (χ1n) is 9.25. The van der Waals surface area contributed by atoms with Gasteiger partial charge in [0, 0.05) is 19.2 Å². The van der Waals surface area contributed by atoms with Crippen molar-refractivity contribution in [3.63, 3.8) is 0 Å². The molecule has 2 heterocycles. The highest BCUT2D eigenvalue weighted by atomic mass is 35.5. The first-order chi connectivity index (χ1) is 15.5. The average Bonchev–Trinajstić information content (AvgIpc) is 3.19. The van der Waals surface area contributed by atoms with E-state index in [-0.39, 0.29) is 22.1 Å². The summed E-state index contributed by atoms with van der Waals surface area (Å²) in [5, 5.41) is 5.87. The fourth-order valence-corrected chi connectivity index (χ4v) is 2.99. The van der Waals surface area contributed by atoms with Gasteiger partial charge in [-0.2, -0.15) is 18.3 Å². The van der Waals surface area contributed by atoms with Crippen molar-refractivity contribution in [1.82, 2.24) is 25.6 Å². The summed E-state index contributed by atoms with van der Waals surface area (Å²) >= 11 is 6.05. The van der Waals surface area contributed by atoms with Crippen molar-refractivity contribution in [2.24, 2.45) is 0 Å². The van der Waals surface area contributed by atoms with Gasteiger partial charge in [0.1, 0.15) is 5.69 Å². The number of anilines is 1. The van der Waals surface area contributed by atoms with Crippen molar-refractivity contribution in [3.05, 3.63) is 70.1 Å². The summed E-state index contributed by atoms with van der Waals surface area (Å²) in [5.74, 6) is -2.46. The van der Waals surface area contributed by atoms with Crippen molar-refractivity contribution in [3.8, 4) is 5.82 Å². The van der Waals surface area contributed by atoms with Gasteiger partial charge in [-0.3, -0.25) is 25.2 Å². The van der Waals surface area contributed by atoms with Gasteiger partial charge in [0.25, 0.3) is 11.8 Å². The number of hydrazine groups is 1. The molecule has 2 aromatic heterocycles. The molecule has 0 aliphatic carbocycles. The van der Waals surface area contributed by atoms with E-state index in [1.54, 1.807) is 13.0 Å². The van der Waals surface area contributed by atoms with E-state index in [2.05, 4.69) is 26.3 Å². The minimum absolute atomic E-state index is 0.0266. The normalized spacial score (nSPS) is 11.1. The number of alkyl halides is 3. The van der Waals surface area contributed by atoms with Crippen LogP contribution in [0.1, 0.15) is 39.0 Å². The molecule has 3 N–H and O–H groups in total. The first kappa shape index (κ1) is 23.7. The molecule has 0 spiro atoms. The van der Waals surface area contributed by atoms with Gasteiger partial charge in [-0.1, -0.05) is 23.7 Å². The minimum atomic E-state index is -4.84. The molecular formula is C20H16ClF3N6O3. The van der Waals surface area contributed by atoms with Crippen LogP contribution in [0, 0.1) is 6.92 Å². The lowest BCUT2D eigenvalue weighted by atomic mass is 10.1. The van der Waals surface area contributed by atoms with E-state index in [0.29, 0.717) is 16.3 Å². The quantitative estimate of drug-likeness (QED) is 0.495. The number of carbonyl (C=O) groups excluding carboxylic acids is 3. The smallest absolute Gasteiger partial charge is 0.320 e. The lowest BCUT2D eigenvalue weighted by Crippen LogP contribution is -2.40. The highest BCUT2D eigenvalue weighted by Crippen LogP contribution is 2.31. The van der Waals surface area contributed by atoms with Gasteiger partial charge in [-0.05, 0) is 30.7 Å². The number of halogens is 4. The lowest BCUT2D eigenvalue weighted by Gasteiger charge is -2.14. The SMILES string of the molecule is CC(=O)NNC(=O)c1cccc(C)c1NC(=O)c1cc(C(F)(F)F)nn1-c1ncccc1Cl. The number of carbonyl (C=O) groups is 3. The largest absolute Gasteiger partial charge is 0.435 e. The highest BCUT2D eigenvalue weighted by Gasteiger charge is 2.36. The zero-order valence-electron chi connectivity index (χ0n) is 17.1. The number of benzene rings is 1. The molecule has 0 bridgehead atoms. The summed E-state index contributed by atoms with van der Waals surface area (Å²) in [4.78, 5) is 40.5. The summed E-state index contributed by atoms with van der Waals surface area (Å²) < 4.78 is 40.6. The van der Waals surface area contributed by atoms with E-state index >= 15 is 0 Å². The van der Waals surface area contributed by atoms with Gasteiger partial charge in [0.05, 0.1) is 16.3 Å². The number of para-hydroxylation sites is 1. The summed E-state index contributed by atoms with van der Waals surface area (Å²) in [6.45, 7) is 2.76. The van der Waals surface area contributed by atoms with E-state index < -0.39 is 35.3 Å². The van der Waals surface area contributed by atoms with Crippen molar-refractivity contribution in [2.45, 2.75) is 20.0 Å². The number of hydrogen-bond acceptors (Lipinski definition) is 5. The molecule has 9 nitrogen and oxygen atoms in total. The third-order valence-corrected chi connectivity index (χ3v) is 4.58. The van der Waals surface area contributed by atoms with Crippen LogP contribution in [0.25, 0.3) is 5.82 Å². The molecule has 0 saturated heterocycles. The molecular weight excluding hydrogens is 465 g/mol. The number of nitrogens with one attached hydrogen (secondary N) is 3. The maximum absolute atomic E-state index is 13.3. The van der Waals surface area contributed by atoms with Gasteiger partial charge in [-0.15, -0.1) is 0 Å². The Hall–Kier alpha value is -3.93. The molecule has 0 aliphatic heterocycles. The molecule has 0 saturated carbocycles. The number of amides is 3. The third kappa shape index (κ3) is 5.29. The number of pyridine rings is 1. The van der Waals surface area contributed by atoms with Crippen LogP contribution in [-0.2, 0) is 11.0 Å². The predicted octanol–water partition coefficient (Wildman–Crippen LogP) is 3.28. The summed E-state index contributed by atoms with van der Waals surface area (Å²) in [6.07, 6.45) is -3.56. The number of rotatable bonds is 4. The Morgan fingerprint density at radius 1 is 1.06 bits per heavy atom. The zero-order chi connectivity index (χ0) is 24.3.